The molecule has 0 aliphatic heterocycles. The van der Waals surface area contributed by atoms with E-state index in [1.807, 2.05) is 12.3 Å². The number of nitrogens with zero attached hydrogens (tertiary/aromatic N) is 1. The van der Waals surface area contributed by atoms with Crippen LogP contribution in [0.25, 0.3) is 0 Å². The molecule has 0 aromatic carbocycles. The fraction of sp³-hybridized carbons (Fsp3) is 0.545. The van der Waals surface area contributed by atoms with Crippen molar-refractivity contribution >= 4 is 5.69 Å². The highest BCUT2D eigenvalue weighted by molar-refractivity contribution is 5.33. The van der Waals surface area contributed by atoms with Gasteiger partial charge in [-0.15, -0.1) is 0 Å². The first-order valence-electron chi connectivity index (χ1n) is 5.11. The van der Waals surface area contributed by atoms with E-state index in [1.54, 1.807) is 10.6 Å². The maximum absolute atomic E-state index is 11.6. The minimum atomic E-state index is -0.0490. The number of rotatable bonds is 2. The summed E-state index contributed by atoms with van der Waals surface area (Å²) < 4.78 is 1.73. The van der Waals surface area contributed by atoms with E-state index in [4.69, 9.17) is 5.73 Å². The molecule has 1 heterocycles. The molecule has 0 atom stereocenters. The lowest BCUT2D eigenvalue weighted by atomic mass is 9.76. The summed E-state index contributed by atoms with van der Waals surface area (Å²) in [6.07, 6.45) is 4.30. The predicted octanol–water partition coefficient (Wildman–Crippen LogP) is 1.48. The van der Waals surface area contributed by atoms with Crippen LogP contribution in [0.4, 0.5) is 5.69 Å². The molecule has 3 nitrogen and oxygen atoms in total. The van der Waals surface area contributed by atoms with E-state index in [0.717, 1.165) is 12.5 Å². The van der Waals surface area contributed by atoms with Crippen molar-refractivity contribution in [2.45, 2.75) is 26.3 Å². The molecule has 1 aromatic heterocycles. The van der Waals surface area contributed by atoms with E-state index < -0.39 is 0 Å². The van der Waals surface area contributed by atoms with Crippen LogP contribution in [0.3, 0.4) is 0 Å². The van der Waals surface area contributed by atoms with Gasteiger partial charge in [0, 0.05) is 12.7 Å². The summed E-state index contributed by atoms with van der Waals surface area (Å²) in [5, 5.41) is 0. The molecule has 3 heteroatoms. The molecule has 0 amide bonds. The average molecular weight is 192 g/mol. The van der Waals surface area contributed by atoms with Gasteiger partial charge in [0.15, 0.2) is 0 Å². The van der Waals surface area contributed by atoms with Gasteiger partial charge in [0.2, 0.25) is 0 Å². The summed E-state index contributed by atoms with van der Waals surface area (Å²) in [5.74, 6) is 1.50. The van der Waals surface area contributed by atoms with Crippen molar-refractivity contribution in [2.75, 3.05) is 5.73 Å². The Balaban J connectivity index is 2.10. The summed E-state index contributed by atoms with van der Waals surface area (Å²) in [6, 6.07) is 3.49. The van der Waals surface area contributed by atoms with Crippen LogP contribution in [0.1, 0.15) is 19.8 Å². The third-order valence-electron chi connectivity index (χ3n) is 2.98. The third kappa shape index (κ3) is 1.67. The molecule has 1 fully saturated rings. The van der Waals surface area contributed by atoms with Crippen molar-refractivity contribution in [2.24, 2.45) is 11.8 Å². The van der Waals surface area contributed by atoms with E-state index >= 15 is 0 Å². The Morgan fingerprint density at radius 3 is 2.93 bits per heavy atom. The van der Waals surface area contributed by atoms with Gasteiger partial charge >= 0.3 is 0 Å². The second-order valence-corrected chi connectivity index (χ2v) is 4.36. The van der Waals surface area contributed by atoms with Crippen LogP contribution in [0.2, 0.25) is 0 Å². The molecule has 0 unspecified atom stereocenters. The molecule has 2 rings (SSSR count). The van der Waals surface area contributed by atoms with Gasteiger partial charge in [-0.05, 0) is 36.8 Å². The highest BCUT2D eigenvalue weighted by atomic mass is 16.1. The summed E-state index contributed by atoms with van der Waals surface area (Å²) in [4.78, 5) is 11.6. The van der Waals surface area contributed by atoms with Crippen molar-refractivity contribution in [3.63, 3.8) is 0 Å². The van der Waals surface area contributed by atoms with Crippen molar-refractivity contribution in [1.82, 2.24) is 4.57 Å². The smallest absolute Gasteiger partial charge is 0.273 e. The van der Waals surface area contributed by atoms with Crippen LogP contribution < -0.4 is 11.3 Å². The SMILES string of the molecule is CC1CC(Cn2cccc(N)c2=O)C1. The lowest BCUT2D eigenvalue weighted by molar-refractivity contribution is 0.186. The summed E-state index contributed by atoms with van der Waals surface area (Å²) >= 11 is 0. The highest BCUT2D eigenvalue weighted by Gasteiger charge is 2.25. The third-order valence-corrected chi connectivity index (χ3v) is 2.98. The number of hydrogen-bond acceptors (Lipinski definition) is 2. The molecule has 2 N–H and O–H groups in total. The summed E-state index contributed by atoms with van der Waals surface area (Å²) in [7, 11) is 0. The van der Waals surface area contributed by atoms with Crippen molar-refractivity contribution < 1.29 is 0 Å². The Kier molecular flexibility index (Phi) is 2.32. The maximum Gasteiger partial charge on any atom is 0.273 e. The Hall–Kier alpha value is -1.25. The monoisotopic (exact) mass is 192 g/mol. The Morgan fingerprint density at radius 2 is 2.29 bits per heavy atom. The molecule has 0 saturated heterocycles. The molecule has 1 saturated carbocycles. The van der Waals surface area contributed by atoms with Crippen LogP contribution in [-0.2, 0) is 6.54 Å². The maximum atomic E-state index is 11.6. The standard InChI is InChI=1S/C11H16N2O/c1-8-5-9(6-8)7-13-4-2-3-10(12)11(13)14/h2-4,8-9H,5-7,12H2,1H3. The van der Waals surface area contributed by atoms with Gasteiger partial charge in [0.1, 0.15) is 0 Å². The number of aromatic nitrogens is 1. The van der Waals surface area contributed by atoms with E-state index in [9.17, 15) is 4.79 Å². The molecular weight excluding hydrogens is 176 g/mol. The quantitative estimate of drug-likeness (QED) is 0.771. The molecule has 1 aliphatic rings. The Bertz CT molecular complexity index is 377. The van der Waals surface area contributed by atoms with Crippen molar-refractivity contribution in [3.05, 3.63) is 28.7 Å². The van der Waals surface area contributed by atoms with Gasteiger partial charge in [-0.2, -0.15) is 0 Å². The molecule has 14 heavy (non-hydrogen) atoms. The first-order valence-corrected chi connectivity index (χ1v) is 5.11. The molecular formula is C11H16N2O. The summed E-state index contributed by atoms with van der Waals surface area (Å²) in [5.41, 5.74) is 5.85. The topological polar surface area (TPSA) is 48.0 Å². The average Bonchev–Trinajstić information content (AvgIpc) is 2.10. The lowest BCUT2D eigenvalue weighted by Crippen LogP contribution is -2.31. The molecule has 1 aromatic rings. The number of anilines is 1. The van der Waals surface area contributed by atoms with Gasteiger partial charge in [-0.3, -0.25) is 4.79 Å². The van der Waals surface area contributed by atoms with E-state index in [2.05, 4.69) is 6.92 Å². The van der Waals surface area contributed by atoms with E-state index in [0.29, 0.717) is 11.6 Å². The van der Waals surface area contributed by atoms with Gasteiger partial charge in [-0.25, -0.2) is 0 Å². The molecule has 1 aliphatic carbocycles. The van der Waals surface area contributed by atoms with Gasteiger partial charge in [0.25, 0.3) is 5.56 Å². The van der Waals surface area contributed by atoms with Gasteiger partial charge in [0.05, 0.1) is 5.69 Å². The predicted molar refractivity (Wildman–Crippen MR) is 57.0 cm³/mol. The Labute approximate surface area is 83.5 Å². The van der Waals surface area contributed by atoms with E-state index in [-0.39, 0.29) is 5.56 Å². The number of hydrogen-bond donors (Lipinski definition) is 1. The summed E-state index contributed by atoms with van der Waals surface area (Å²) in [6.45, 7) is 3.08. The van der Waals surface area contributed by atoms with Crippen molar-refractivity contribution in [1.29, 1.82) is 0 Å². The van der Waals surface area contributed by atoms with Crippen LogP contribution >= 0.6 is 0 Å². The normalized spacial score (nSPS) is 25.8. The number of nitrogen functional groups attached to an aromatic ring is 1. The minimum Gasteiger partial charge on any atom is -0.394 e. The second-order valence-electron chi connectivity index (χ2n) is 4.36. The largest absolute Gasteiger partial charge is 0.394 e. The van der Waals surface area contributed by atoms with Crippen LogP contribution in [0, 0.1) is 11.8 Å². The number of nitrogens with two attached hydrogens (primary N) is 1. The van der Waals surface area contributed by atoms with Crippen LogP contribution in [0.15, 0.2) is 23.1 Å². The van der Waals surface area contributed by atoms with E-state index in [1.165, 1.54) is 12.8 Å². The minimum absolute atomic E-state index is 0.0490. The zero-order valence-corrected chi connectivity index (χ0v) is 8.44. The first-order chi connectivity index (χ1) is 6.66. The lowest BCUT2D eigenvalue weighted by Gasteiger charge is -2.32. The molecule has 0 radical (unpaired) electrons. The van der Waals surface area contributed by atoms with Crippen LogP contribution in [-0.4, -0.2) is 4.57 Å². The fourth-order valence-corrected chi connectivity index (χ4v) is 2.20. The Morgan fingerprint density at radius 1 is 1.57 bits per heavy atom. The molecule has 0 bridgehead atoms. The zero-order chi connectivity index (χ0) is 10.1. The second kappa shape index (κ2) is 3.48. The highest BCUT2D eigenvalue weighted by Crippen LogP contribution is 2.33. The number of pyridine rings is 1. The molecule has 76 valence electrons. The zero-order valence-electron chi connectivity index (χ0n) is 8.44. The van der Waals surface area contributed by atoms with Gasteiger partial charge < -0.3 is 10.3 Å². The van der Waals surface area contributed by atoms with Crippen molar-refractivity contribution in [3.8, 4) is 0 Å². The van der Waals surface area contributed by atoms with Crippen LogP contribution in [0.5, 0.6) is 0 Å². The van der Waals surface area contributed by atoms with Gasteiger partial charge in [-0.1, -0.05) is 6.92 Å². The molecule has 0 spiro atoms. The first kappa shape index (κ1) is 9.31. The fourth-order valence-electron chi connectivity index (χ4n) is 2.20.